The van der Waals surface area contributed by atoms with Crippen LogP contribution in [-0.2, 0) is 10.4 Å². The first-order valence-corrected chi connectivity index (χ1v) is 11.3. The molecule has 1 aliphatic heterocycles. The van der Waals surface area contributed by atoms with E-state index in [1.807, 2.05) is 38.1 Å². The van der Waals surface area contributed by atoms with Crippen molar-refractivity contribution < 1.29 is 13.5 Å². The summed E-state index contributed by atoms with van der Waals surface area (Å²) in [4.78, 5) is 9.80. The first kappa shape index (κ1) is 23.3. The number of nitrogens with zero attached hydrogens (tertiary/aromatic N) is 3. The van der Waals surface area contributed by atoms with Crippen molar-refractivity contribution in [3.05, 3.63) is 58.1 Å². The number of aliphatic imine (C=N–C) groups is 2. The number of nitriles is 1. The minimum absolute atomic E-state index is 0.00555. The molecule has 1 aliphatic carbocycles. The van der Waals surface area contributed by atoms with Crippen molar-refractivity contribution in [2.45, 2.75) is 57.9 Å². The Labute approximate surface area is 196 Å². The molecule has 1 heterocycles. The van der Waals surface area contributed by atoms with Gasteiger partial charge in [-0.25, -0.2) is 4.99 Å². The molecule has 8 heteroatoms. The van der Waals surface area contributed by atoms with E-state index in [0.717, 1.165) is 22.3 Å². The second-order valence-electron chi connectivity index (χ2n) is 8.66. The highest BCUT2D eigenvalue weighted by atomic mass is 35.5. The fourth-order valence-corrected chi connectivity index (χ4v) is 5.13. The first-order valence-electron chi connectivity index (χ1n) is 10.9. The van der Waals surface area contributed by atoms with Crippen LogP contribution in [0.4, 0.5) is 8.78 Å². The molecule has 2 aromatic carbocycles. The van der Waals surface area contributed by atoms with Crippen LogP contribution in [0.1, 0.15) is 49.3 Å². The SMILES string of the molecule is CC1=NC(c2cc(-c3cc(Cl)cc(C#N)c3)ccc2C)(C2CCC(OC(F)F)CC2)N=C1N. The van der Waals surface area contributed by atoms with Gasteiger partial charge in [0.25, 0.3) is 0 Å². The number of halogens is 3. The molecule has 1 saturated carbocycles. The Hall–Kier alpha value is -2.82. The average molecular weight is 471 g/mol. The quantitative estimate of drug-likeness (QED) is 0.584. The number of hydrogen-bond donors (Lipinski definition) is 1. The second kappa shape index (κ2) is 9.20. The van der Waals surface area contributed by atoms with Crippen LogP contribution in [0.2, 0.25) is 5.02 Å². The van der Waals surface area contributed by atoms with E-state index in [1.165, 1.54) is 0 Å². The molecular formula is C25H25ClF2N4O. The summed E-state index contributed by atoms with van der Waals surface area (Å²) in [5.41, 5.74) is 10.0. The van der Waals surface area contributed by atoms with E-state index in [2.05, 4.69) is 6.07 Å². The van der Waals surface area contributed by atoms with E-state index in [0.29, 0.717) is 47.8 Å². The van der Waals surface area contributed by atoms with E-state index in [9.17, 15) is 14.0 Å². The lowest BCUT2D eigenvalue weighted by atomic mass is 9.74. The summed E-state index contributed by atoms with van der Waals surface area (Å²) in [5.74, 6) is 0.384. The molecule has 0 spiro atoms. The van der Waals surface area contributed by atoms with Gasteiger partial charge in [0.2, 0.25) is 0 Å². The number of rotatable bonds is 5. The van der Waals surface area contributed by atoms with E-state index in [-0.39, 0.29) is 5.92 Å². The summed E-state index contributed by atoms with van der Waals surface area (Å²) >= 11 is 6.24. The third-order valence-corrected chi connectivity index (χ3v) is 6.75. The molecule has 0 bridgehead atoms. The fourth-order valence-electron chi connectivity index (χ4n) is 4.89. The zero-order valence-corrected chi connectivity index (χ0v) is 19.2. The lowest BCUT2D eigenvalue weighted by Gasteiger charge is -2.38. The van der Waals surface area contributed by atoms with Gasteiger partial charge < -0.3 is 10.5 Å². The lowest BCUT2D eigenvalue weighted by molar-refractivity contribution is -0.172. The normalized spacial score (nSPS) is 25.0. The van der Waals surface area contributed by atoms with Crippen molar-refractivity contribution in [3.63, 3.8) is 0 Å². The van der Waals surface area contributed by atoms with Crippen LogP contribution in [0.15, 0.2) is 46.4 Å². The van der Waals surface area contributed by atoms with Crippen molar-refractivity contribution in [3.8, 4) is 17.2 Å². The van der Waals surface area contributed by atoms with E-state index >= 15 is 0 Å². The van der Waals surface area contributed by atoms with Crippen LogP contribution < -0.4 is 5.73 Å². The molecule has 33 heavy (non-hydrogen) atoms. The Morgan fingerprint density at radius 1 is 1.09 bits per heavy atom. The molecule has 0 saturated heterocycles. The molecule has 172 valence electrons. The van der Waals surface area contributed by atoms with Crippen molar-refractivity contribution >= 4 is 23.1 Å². The van der Waals surface area contributed by atoms with Gasteiger partial charge in [0.1, 0.15) is 5.84 Å². The molecule has 2 aliphatic rings. The average Bonchev–Trinajstić information content (AvgIpc) is 3.08. The highest BCUT2D eigenvalue weighted by Crippen LogP contribution is 2.48. The number of amidine groups is 1. The lowest BCUT2D eigenvalue weighted by Crippen LogP contribution is -2.36. The highest BCUT2D eigenvalue weighted by molar-refractivity contribution is 6.41. The molecule has 1 unspecified atom stereocenters. The molecule has 1 atom stereocenters. The van der Waals surface area contributed by atoms with Crippen LogP contribution in [0.25, 0.3) is 11.1 Å². The number of alkyl halides is 2. The Bertz CT molecular complexity index is 1150. The molecule has 0 amide bonds. The van der Waals surface area contributed by atoms with Crippen LogP contribution in [0.5, 0.6) is 0 Å². The van der Waals surface area contributed by atoms with Gasteiger partial charge >= 0.3 is 6.61 Å². The number of benzene rings is 2. The molecule has 4 rings (SSSR count). The maximum absolute atomic E-state index is 12.7. The van der Waals surface area contributed by atoms with Gasteiger partial charge in [0, 0.05) is 16.5 Å². The Balaban J connectivity index is 1.77. The summed E-state index contributed by atoms with van der Waals surface area (Å²) in [6.45, 7) is 1.07. The molecule has 0 aromatic heterocycles. The maximum Gasteiger partial charge on any atom is 0.345 e. The first-order chi connectivity index (χ1) is 15.7. The molecule has 1 fully saturated rings. The Kier molecular flexibility index (Phi) is 6.51. The van der Waals surface area contributed by atoms with Crippen molar-refractivity contribution in [2.24, 2.45) is 21.6 Å². The van der Waals surface area contributed by atoms with Gasteiger partial charge in [-0.1, -0.05) is 23.7 Å². The summed E-state index contributed by atoms with van der Waals surface area (Å²) in [6.07, 6.45) is 1.85. The van der Waals surface area contributed by atoms with E-state index in [4.69, 9.17) is 32.1 Å². The summed E-state index contributed by atoms with van der Waals surface area (Å²) < 4.78 is 30.1. The summed E-state index contributed by atoms with van der Waals surface area (Å²) in [6, 6.07) is 13.4. The predicted molar refractivity (Wildman–Crippen MR) is 126 cm³/mol. The Morgan fingerprint density at radius 3 is 2.42 bits per heavy atom. The molecular weight excluding hydrogens is 446 g/mol. The zero-order valence-electron chi connectivity index (χ0n) is 18.5. The number of hydrogen-bond acceptors (Lipinski definition) is 5. The fraction of sp³-hybridized carbons (Fsp3) is 0.400. The molecule has 0 radical (unpaired) electrons. The largest absolute Gasteiger partial charge is 0.382 e. The van der Waals surface area contributed by atoms with Crippen molar-refractivity contribution in [1.29, 1.82) is 5.26 Å². The van der Waals surface area contributed by atoms with Gasteiger partial charge in [0.05, 0.1) is 23.4 Å². The van der Waals surface area contributed by atoms with Crippen LogP contribution in [-0.4, -0.2) is 24.3 Å². The standard InChI is InChI=1S/C25H25ClF2N4O/c1-14-3-4-17(18-9-16(13-29)10-20(26)11-18)12-22(14)25(31-15(2)23(30)32-25)19-5-7-21(8-6-19)33-24(27)28/h3-4,9-12,19,21,24H,5-8H2,1-2H3,(H2,30,32). The van der Waals surface area contributed by atoms with Crippen LogP contribution >= 0.6 is 11.6 Å². The molecule has 2 aromatic rings. The smallest absolute Gasteiger partial charge is 0.345 e. The summed E-state index contributed by atoms with van der Waals surface area (Å²) in [7, 11) is 0. The third kappa shape index (κ3) is 4.64. The van der Waals surface area contributed by atoms with Gasteiger partial charge in [-0.15, -0.1) is 0 Å². The maximum atomic E-state index is 12.7. The zero-order chi connectivity index (χ0) is 23.8. The monoisotopic (exact) mass is 470 g/mol. The van der Waals surface area contributed by atoms with Gasteiger partial charge in [-0.3, -0.25) is 4.99 Å². The van der Waals surface area contributed by atoms with Crippen LogP contribution in [0.3, 0.4) is 0 Å². The van der Waals surface area contributed by atoms with Gasteiger partial charge in [0.15, 0.2) is 5.66 Å². The molecule has 2 N–H and O–H groups in total. The second-order valence-corrected chi connectivity index (χ2v) is 9.10. The number of aryl methyl sites for hydroxylation is 1. The number of ether oxygens (including phenoxy) is 1. The van der Waals surface area contributed by atoms with E-state index < -0.39 is 18.4 Å². The minimum Gasteiger partial charge on any atom is -0.382 e. The van der Waals surface area contributed by atoms with Crippen LogP contribution in [0, 0.1) is 24.2 Å². The topological polar surface area (TPSA) is 83.8 Å². The third-order valence-electron chi connectivity index (χ3n) is 6.53. The molecule has 5 nitrogen and oxygen atoms in total. The minimum atomic E-state index is -2.77. The van der Waals surface area contributed by atoms with Gasteiger partial charge in [-0.05, 0) is 80.5 Å². The Morgan fingerprint density at radius 2 is 1.82 bits per heavy atom. The predicted octanol–water partition coefficient (Wildman–Crippen LogP) is 5.97. The number of nitrogens with two attached hydrogens (primary N) is 1. The van der Waals surface area contributed by atoms with Crippen molar-refractivity contribution in [1.82, 2.24) is 0 Å². The highest BCUT2D eigenvalue weighted by Gasteiger charge is 2.46. The van der Waals surface area contributed by atoms with Gasteiger partial charge in [-0.2, -0.15) is 14.0 Å². The van der Waals surface area contributed by atoms with E-state index in [1.54, 1.807) is 12.1 Å². The summed E-state index contributed by atoms with van der Waals surface area (Å²) in [5, 5.41) is 9.82. The van der Waals surface area contributed by atoms with Crippen molar-refractivity contribution in [2.75, 3.05) is 0 Å².